The van der Waals surface area contributed by atoms with Crippen LogP contribution in [0.2, 0.25) is 0 Å². The average molecular weight is 208 g/mol. The highest BCUT2D eigenvalue weighted by molar-refractivity contribution is 6.15. The number of carbonyl (C=O) groups is 1. The summed E-state index contributed by atoms with van der Waals surface area (Å²) >= 11 is 0. The van der Waals surface area contributed by atoms with Crippen molar-refractivity contribution in [3.63, 3.8) is 0 Å². The normalized spacial score (nSPS) is 10.1. The smallest absolute Gasteiger partial charge is 0.338 e. The molecule has 0 spiro atoms. The lowest BCUT2D eigenvalue weighted by Crippen LogP contribution is -2.13. The third-order valence-corrected chi connectivity index (χ3v) is 1.79. The van der Waals surface area contributed by atoms with Gasteiger partial charge in [-0.3, -0.25) is 0 Å². The zero-order valence-electron chi connectivity index (χ0n) is 8.79. The van der Waals surface area contributed by atoms with Crippen LogP contribution in [0.4, 0.5) is 4.39 Å². The summed E-state index contributed by atoms with van der Waals surface area (Å²) in [6.45, 7) is 6.98. The Balaban J connectivity index is 2.86. The van der Waals surface area contributed by atoms with Gasteiger partial charge in [-0.2, -0.15) is 0 Å². The Morgan fingerprint density at radius 1 is 1.40 bits per heavy atom. The predicted octanol–water partition coefficient (Wildman–Crippen LogP) is 2.79. The summed E-state index contributed by atoms with van der Waals surface area (Å²) in [5.74, 6) is -1.06. The molecule has 0 heterocycles. The van der Waals surface area contributed by atoms with Gasteiger partial charge in [0.2, 0.25) is 0 Å². The van der Waals surface area contributed by atoms with Crippen molar-refractivity contribution in [2.45, 2.75) is 20.0 Å². The first kappa shape index (κ1) is 11.4. The van der Waals surface area contributed by atoms with Crippen LogP contribution in [0, 0.1) is 5.82 Å². The molecule has 1 aromatic rings. The molecule has 0 N–H and O–H groups in total. The molecule has 0 bridgehead atoms. The molecule has 15 heavy (non-hydrogen) atoms. The zero-order chi connectivity index (χ0) is 11.4. The van der Waals surface area contributed by atoms with E-state index >= 15 is 0 Å². The third-order valence-electron chi connectivity index (χ3n) is 1.79. The Morgan fingerprint density at radius 3 is 2.53 bits per heavy atom. The predicted molar refractivity (Wildman–Crippen MR) is 56.7 cm³/mol. The number of benzene rings is 1. The minimum absolute atomic E-state index is 0.0433. The van der Waals surface area contributed by atoms with Crippen LogP contribution in [-0.4, -0.2) is 12.1 Å². The van der Waals surface area contributed by atoms with E-state index in [0.717, 1.165) is 0 Å². The first-order valence-electron chi connectivity index (χ1n) is 4.67. The van der Waals surface area contributed by atoms with Crippen LogP contribution in [0.3, 0.4) is 0 Å². The van der Waals surface area contributed by atoms with Crippen LogP contribution >= 0.6 is 0 Å². The first-order chi connectivity index (χ1) is 7.02. The van der Waals surface area contributed by atoms with Gasteiger partial charge in [0, 0.05) is 5.56 Å². The van der Waals surface area contributed by atoms with Crippen molar-refractivity contribution in [3.8, 4) is 0 Å². The van der Waals surface area contributed by atoms with E-state index in [1.165, 1.54) is 12.1 Å². The highest BCUT2D eigenvalue weighted by atomic mass is 19.1. The molecule has 1 rings (SSSR count). The molecule has 80 valence electrons. The molecule has 0 fully saturated rings. The summed E-state index contributed by atoms with van der Waals surface area (Å²) < 4.78 is 18.2. The van der Waals surface area contributed by atoms with E-state index in [9.17, 15) is 9.18 Å². The lowest BCUT2D eigenvalue weighted by molar-refractivity contribution is -0.140. The summed E-state index contributed by atoms with van der Waals surface area (Å²) in [4.78, 5) is 11.4. The van der Waals surface area contributed by atoms with E-state index in [1.54, 1.807) is 26.0 Å². The molecule has 1 aromatic carbocycles. The van der Waals surface area contributed by atoms with Crippen molar-refractivity contribution in [2.24, 2.45) is 0 Å². The molecule has 0 saturated heterocycles. The molecule has 0 aromatic heterocycles. The highest BCUT2D eigenvalue weighted by Crippen LogP contribution is 2.17. The topological polar surface area (TPSA) is 26.3 Å². The second kappa shape index (κ2) is 4.73. The second-order valence-electron chi connectivity index (χ2n) is 3.41. The van der Waals surface area contributed by atoms with Gasteiger partial charge in [0.25, 0.3) is 0 Å². The first-order valence-corrected chi connectivity index (χ1v) is 4.67. The van der Waals surface area contributed by atoms with Gasteiger partial charge in [-0.25, -0.2) is 9.18 Å². The van der Waals surface area contributed by atoms with Crippen LogP contribution in [0.1, 0.15) is 19.4 Å². The molecular weight excluding hydrogens is 195 g/mol. The lowest BCUT2D eigenvalue weighted by atomic mass is 10.1. The van der Waals surface area contributed by atoms with Crippen molar-refractivity contribution in [1.82, 2.24) is 0 Å². The maximum absolute atomic E-state index is 13.3. The number of ether oxygens (including phenoxy) is 1. The molecule has 0 aliphatic heterocycles. The Labute approximate surface area is 88.4 Å². The molecule has 0 amide bonds. The second-order valence-corrected chi connectivity index (χ2v) is 3.41. The summed E-state index contributed by atoms with van der Waals surface area (Å²) in [5, 5.41) is 0. The van der Waals surface area contributed by atoms with E-state index in [4.69, 9.17) is 4.74 Å². The maximum atomic E-state index is 13.3. The molecule has 0 atom stereocenters. The van der Waals surface area contributed by atoms with E-state index in [-0.39, 0.29) is 17.2 Å². The van der Waals surface area contributed by atoms with Crippen molar-refractivity contribution >= 4 is 11.5 Å². The number of esters is 1. The molecule has 0 radical (unpaired) electrons. The van der Waals surface area contributed by atoms with E-state index in [1.807, 2.05) is 0 Å². The molecule has 2 nitrogen and oxygen atoms in total. The number of halogens is 1. The van der Waals surface area contributed by atoms with Crippen molar-refractivity contribution < 1.29 is 13.9 Å². The van der Waals surface area contributed by atoms with Crippen molar-refractivity contribution in [3.05, 3.63) is 42.2 Å². The van der Waals surface area contributed by atoms with E-state index in [2.05, 4.69) is 6.58 Å². The van der Waals surface area contributed by atoms with E-state index in [0.29, 0.717) is 0 Å². The summed E-state index contributed by atoms with van der Waals surface area (Å²) in [5.41, 5.74) is 0.227. The van der Waals surface area contributed by atoms with Gasteiger partial charge in [-0.05, 0) is 19.9 Å². The molecule has 0 saturated carbocycles. The fraction of sp³-hybridized carbons (Fsp3) is 0.250. The van der Waals surface area contributed by atoms with Gasteiger partial charge >= 0.3 is 5.97 Å². The highest BCUT2D eigenvalue weighted by Gasteiger charge is 2.15. The average Bonchev–Trinajstić information content (AvgIpc) is 2.16. The number of hydrogen-bond donors (Lipinski definition) is 0. The Morgan fingerprint density at radius 2 is 2.00 bits per heavy atom. The quantitative estimate of drug-likeness (QED) is 0.564. The monoisotopic (exact) mass is 208 g/mol. The number of hydrogen-bond acceptors (Lipinski definition) is 2. The maximum Gasteiger partial charge on any atom is 0.338 e. The van der Waals surface area contributed by atoms with Crippen LogP contribution in [0.25, 0.3) is 5.57 Å². The van der Waals surface area contributed by atoms with Crippen molar-refractivity contribution in [1.29, 1.82) is 0 Å². The third kappa shape index (κ3) is 2.91. The van der Waals surface area contributed by atoms with Gasteiger partial charge in [-0.15, -0.1) is 0 Å². The molecule has 0 aliphatic rings. The standard InChI is InChI=1S/C12H13FO2/c1-8(2)15-12(14)9(3)10-6-4-5-7-11(10)13/h4-8H,3H2,1-2H3. The van der Waals surface area contributed by atoms with Gasteiger partial charge in [0.15, 0.2) is 0 Å². The fourth-order valence-electron chi connectivity index (χ4n) is 1.10. The number of rotatable bonds is 3. The van der Waals surface area contributed by atoms with Crippen LogP contribution in [0.15, 0.2) is 30.8 Å². The minimum Gasteiger partial charge on any atom is -0.459 e. The van der Waals surface area contributed by atoms with Gasteiger partial charge in [0.1, 0.15) is 5.82 Å². The minimum atomic E-state index is -0.588. The zero-order valence-corrected chi connectivity index (χ0v) is 8.79. The van der Waals surface area contributed by atoms with Gasteiger partial charge in [0.05, 0.1) is 11.7 Å². The molecule has 0 unspecified atom stereocenters. The largest absolute Gasteiger partial charge is 0.459 e. The summed E-state index contributed by atoms with van der Waals surface area (Å²) in [6, 6.07) is 5.98. The lowest BCUT2D eigenvalue weighted by Gasteiger charge is -2.10. The van der Waals surface area contributed by atoms with Crippen LogP contribution in [-0.2, 0) is 9.53 Å². The van der Waals surface area contributed by atoms with E-state index < -0.39 is 11.8 Å². The van der Waals surface area contributed by atoms with Crippen molar-refractivity contribution in [2.75, 3.05) is 0 Å². The number of carbonyl (C=O) groups excluding carboxylic acids is 1. The molecule has 0 aliphatic carbocycles. The van der Waals surface area contributed by atoms with Crippen LogP contribution in [0.5, 0.6) is 0 Å². The fourth-order valence-corrected chi connectivity index (χ4v) is 1.10. The summed E-state index contributed by atoms with van der Waals surface area (Å²) in [6.07, 6.45) is -0.235. The Kier molecular flexibility index (Phi) is 3.61. The van der Waals surface area contributed by atoms with Crippen LogP contribution < -0.4 is 0 Å². The molecular formula is C12H13FO2. The summed E-state index contributed by atoms with van der Waals surface area (Å²) in [7, 11) is 0. The van der Waals surface area contributed by atoms with Gasteiger partial charge < -0.3 is 4.74 Å². The SMILES string of the molecule is C=C(C(=O)OC(C)C)c1ccccc1F. The molecule has 3 heteroatoms. The van der Waals surface area contributed by atoms with Gasteiger partial charge in [-0.1, -0.05) is 24.8 Å². The Bertz CT molecular complexity index is 383. The Hall–Kier alpha value is -1.64.